The second kappa shape index (κ2) is 8.35. The zero-order valence-electron chi connectivity index (χ0n) is 13.5. The summed E-state index contributed by atoms with van der Waals surface area (Å²) in [5.41, 5.74) is 4.19. The van der Waals surface area contributed by atoms with Gasteiger partial charge in [-0.25, -0.2) is 5.43 Å². The van der Waals surface area contributed by atoms with Crippen molar-refractivity contribution in [1.29, 1.82) is 0 Å². The van der Waals surface area contributed by atoms with Crippen LogP contribution in [0.15, 0.2) is 38.3 Å². The first-order valence-corrected chi connectivity index (χ1v) is 8.81. The third kappa shape index (κ3) is 4.52. The van der Waals surface area contributed by atoms with Gasteiger partial charge in [-0.1, -0.05) is 18.2 Å². The molecule has 0 heterocycles. The Morgan fingerprint density at radius 2 is 1.88 bits per heavy atom. The molecule has 0 spiro atoms. The van der Waals surface area contributed by atoms with Crippen LogP contribution in [0, 0.1) is 13.8 Å². The van der Waals surface area contributed by atoms with E-state index in [0.29, 0.717) is 21.3 Å². The van der Waals surface area contributed by atoms with Crippen molar-refractivity contribution in [2.45, 2.75) is 13.8 Å². The minimum Gasteiger partial charge on any atom is -0.506 e. The molecular formula is C17H16Br2N2O4. The van der Waals surface area contributed by atoms with Gasteiger partial charge in [0.05, 0.1) is 10.7 Å². The summed E-state index contributed by atoms with van der Waals surface area (Å²) >= 11 is 6.33. The average molecular weight is 472 g/mol. The predicted molar refractivity (Wildman–Crippen MR) is 102 cm³/mol. The summed E-state index contributed by atoms with van der Waals surface area (Å²) in [6.07, 6.45) is 1.30. The summed E-state index contributed by atoms with van der Waals surface area (Å²) in [6, 6.07) is 7.37. The zero-order valence-corrected chi connectivity index (χ0v) is 16.7. The van der Waals surface area contributed by atoms with Crippen LogP contribution in [-0.4, -0.2) is 28.9 Å². The molecule has 25 heavy (non-hydrogen) atoms. The largest absolute Gasteiger partial charge is 0.506 e. The van der Waals surface area contributed by atoms with Crippen molar-refractivity contribution in [3.63, 3.8) is 0 Å². The van der Waals surface area contributed by atoms with Crippen molar-refractivity contribution >= 4 is 44.0 Å². The van der Waals surface area contributed by atoms with Crippen LogP contribution in [0.1, 0.15) is 16.7 Å². The number of ether oxygens (including phenoxy) is 1. The molecule has 0 saturated carbocycles. The quantitative estimate of drug-likeness (QED) is 0.457. The maximum Gasteiger partial charge on any atom is 0.277 e. The summed E-state index contributed by atoms with van der Waals surface area (Å²) in [4.78, 5) is 11.8. The topological polar surface area (TPSA) is 91.2 Å². The molecule has 0 aliphatic heterocycles. The van der Waals surface area contributed by atoms with Crippen LogP contribution in [0.2, 0.25) is 0 Å². The number of carbonyl (C=O) groups is 1. The Bertz CT molecular complexity index is 809. The Labute approximate surface area is 161 Å². The van der Waals surface area contributed by atoms with Gasteiger partial charge in [0.1, 0.15) is 21.7 Å². The molecule has 0 aliphatic rings. The molecule has 0 atom stereocenters. The molecule has 3 N–H and O–H groups in total. The molecular weight excluding hydrogens is 456 g/mol. The monoisotopic (exact) mass is 470 g/mol. The highest BCUT2D eigenvalue weighted by atomic mass is 79.9. The number of halogens is 2. The van der Waals surface area contributed by atoms with E-state index in [1.165, 1.54) is 6.21 Å². The van der Waals surface area contributed by atoms with E-state index in [2.05, 4.69) is 42.4 Å². The van der Waals surface area contributed by atoms with Crippen LogP contribution in [0.5, 0.6) is 17.2 Å². The summed E-state index contributed by atoms with van der Waals surface area (Å²) < 4.78 is 5.98. The number of aryl methyl sites for hydroxylation is 1. The fourth-order valence-electron chi connectivity index (χ4n) is 2.02. The van der Waals surface area contributed by atoms with Crippen LogP contribution >= 0.6 is 31.9 Å². The number of nitrogens with one attached hydrogen (secondary N) is 1. The van der Waals surface area contributed by atoms with Crippen molar-refractivity contribution in [3.05, 3.63) is 49.9 Å². The van der Waals surface area contributed by atoms with Gasteiger partial charge < -0.3 is 14.9 Å². The fraction of sp³-hybridized carbons (Fsp3) is 0.176. The van der Waals surface area contributed by atoms with E-state index in [0.717, 1.165) is 5.56 Å². The summed E-state index contributed by atoms with van der Waals surface area (Å²) in [5, 5.41) is 23.7. The van der Waals surface area contributed by atoms with E-state index in [-0.39, 0.29) is 22.6 Å². The lowest BCUT2D eigenvalue weighted by atomic mass is 10.1. The van der Waals surface area contributed by atoms with E-state index >= 15 is 0 Å². The molecule has 0 aliphatic carbocycles. The number of aromatic hydroxyl groups is 2. The van der Waals surface area contributed by atoms with Gasteiger partial charge in [0.2, 0.25) is 0 Å². The molecule has 0 bridgehead atoms. The molecule has 0 unspecified atom stereocenters. The third-order valence-corrected chi connectivity index (χ3v) is 5.17. The number of hydrogen-bond acceptors (Lipinski definition) is 5. The first-order chi connectivity index (χ1) is 11.8. The van der Waals surface area contributed by atoms with Gasteiger partial charge in [-0.05, 0) is 62.9 Å². The van der Waals surface area contributed by atoms with Gasteiger partial charge >= 0.3 is 0 Å². The second-order valence-corrected chi connectivity index (χ2v) is 6.80. The van der Waals surface area contributed by atoms with Gasteiger partial charge in [-0.15, -0.1) is 0 Å². The highest BCUT2D eigenvalue weighted by molar-refractivity contribution is 9.11. The molecule has 2 aromatic rings. The SMILES string of the molecule is Cc1ccccc1OCC(=O)NN=Cc1c(C)c(Br)c(O)c(Br)c1O. The molecule has 132 valence electrons. The average Bonchev–Trinajstić information content (AvgIpc) is 2.60. The minimum absolute atomic E-state index is 0.109. The standard InChI is InChI=1S/C17H16Br2N2O4/c1-9-5-3-4-6-12(9)25-8-13(22)21-20-7-11-10(2)14(18)17(24)15(19)16(11)23/h3-7,23-24H,8H2,1-2H3,(H,21,22). The normalized spacial score (nSPS) is 10.9. The van der Waals surface area contributed by atoms with E-state index in [1.807, 2.05) is 25.1 Å². The van der Waals surface area contributed by atoms with Crippen molar-refractivity contribution in [2.75, 3.05) is 6.61 Å². The third-order valence-electron chi connectivity index (χ3n) is 3.45. The number of amides is 1. The molecule has 0 fully saturated rings. The van der Waals surface area contributed by atoms with E-state index in [9.17, 15) is 15.0 Å². The number of nitrogens with zero attached hydrogens (tertiary/aromatic N) is 1. The van der Waals surface area contributed by atoms with Crippen molar-refractivity contribution in [2.24, 2.45) is 5.10 Å². The van der Waals surface area contributed by atoms with Gasteiger partial charge in [0.25, 0.3) is 5.91 Å². The summed E-state index contributed by atoms with van der Waals surface area (Å²) in [5.74, 6) is -0.0924. The maximum atomic E-state index is 11.8. The van der Waals surface area contributed by atoms with Crippen LogP contribution in [0.4, 0.5) is 0 Å². The Balaban J connectivity index is 2.02. The van der Waals surface area contributed by atoms with Crippen LogP contribution < -0.4 is 10.2 Å². The van der Waals surface area contributed by atoms with Gasteiger partial charge in [0.15, 0.2) is 6.61 Å². The number of carbonyl (C=O) groups excluding carboxylic acids is 1. The number of rotatable bonds is 5. The first-order valence-electron chi connectivity index (χ1n) is 7.22. The maximum absolute atomic E-state index is 11.8. The first kappa shape index (κ1) is 19.3. The molecule has 2 aromatic carbocycles. The summed E-state index contributed by atoms with van der Waals surface area (Å²) in [6.45, 7) is 3.40. The van der Waals surface area contributed by atoms with E-state index < -0.39 is 5.91 Å². The second-order valence-electron chi connectivity index (χ2n) is 5.21. The molecule has 6 nitrogen and oxygen atoms in total. The van der Waals surface area contributed by atoms with E-state index in [4.69, 9.17) is 4.74 Å². The van der Waals surface area contributed by atoms with Crippen molar-refractivity contribution < 1.29 is 19.7 Å². The smallest absolute Gasteiger partial charge is 0.277 e. The van der Waals surface area contributed by atoms with Crippen LogP contribution in [0.25, 0.3) is 0 Å². The number of phenols is 2. The molecule has 0 aromatic heterocycles. The molecule has 0 saturated heterocycles. The fourth-order valence-corrected chi connectivity index (χ4v) is 3.11. The lowest BCUT2D eigenvalue weighted by molar-refractivity contribution is -0.123. The molecule has 1 amide bonds. The number of hydrogen-bond donors (Lipinski definition) is 3. The van der Waals surface area contributed by atoms with Crippen molar-refractivity contribution in [1.82, 2.24) is 5.43 Å². The Morgan fingerprint density at radius 3 is 2.56 bits per heavy atom. The predicted octanol–water partition coefficient (Wildman–Crippen LogP) is 3.77. The number of benzene rings is 2. The number of hydrazone groups is 1. The van der Waals surface area contributed by atoms with Gasteiger partial charge in [0, 0.05) is 5.56 Å². The Morgan fingerprint density at radius 1 is 1.20 bits per heavy atom. The van der Waals surface area contributed by atoms with E-state index in [1.54, 1.807) is 13.0 Å². The zero-order chi connectivity index (χ0) is 18.6. The van der Waals surface area contributed by atoms with Crippen molar-refractivity contribution in [3.8, 4) is 17.2 Å². The van der Waals surface area contributed by atoms with Crippen LogP contribution in [0.3, 0.4) is 0 Å². The number of para-hydroxylation sites is 1. The molecule has 2 rings (SSSR count). The molecule has 0 radical (unpaired) electrons. The lowest BCUT2D eigenvalue weighted by Crippen LogP contribution is -2.24. The highest BCUT2D eigenvalue weighted by Gasteiger charge is 2.17. The minimum atomic E-state index is -0.437. The number of phenolic OH excluding ortho intramolecular Hbond substituents is 2. The lowest BCUT2D eigenvalue weighted by Gasteiger charge is -2.11. The van der Waals surface area contributed by atoms with Crippen LogP contribution in [-0.2, 0) is 4.79 Å². The van der Waals surface area contributed by atoms with Gasteiger partial charge in [-0.3, -0.25) is 4.79 Å². The Hall–Kier alpha value is -2.06. The molecule has 8 heteroatoms. The van der Waals surface area contributed by atoms with Gasteiger partial charge in [-0.2, -0.15) is 5.10 Å². The summed E-state index contributed by atoms with van der Waals surface area (Å²) in [7, 11) is 0. The Kier molecular flexibility index (Phi) is 6.44. The highest BCUT2D eigenvalue weighted by Crippen LogP contribution is 2.43.